The standard InChI is InChI=1S/C13H9BrF3NO2/c1-8-11(14)6-7-12(18-8)19-9-2-4-10(5-3-9)20-13(15,16)17/h2-7H,1H3. The predicted octanol–water partition coefficient (Wildman–Crippen LogP) is 4.84. The third-order valence-corrected chi connectivity index (χ3v) is 3.11. The molecule has 2 rings (SSSR count). The highest BCUT2D eigenvalue weighted by Crippen LogP contribution is 2.27. The molecule has 0 unspecified atom stereocenters. The molecular weight excluding hydrogens is 339 g/mol. The molecule has 0 amide bonds. The first-order chi connectivity index (χ1) is 9.33. The minimum absolute atomic E-state index is 0.301. The van der Waals surface area contributed by atoms with Gasteiger partial charge in [0.15, 0.2) is 0 Å². The van der Waals surface area contributed by atoms with Crippen LogP contribution in [0.5, 0.6) is 17.4 Å². The lowest BCUT2D eigenvalue weighted by molar-refractivity contribution is -0.274. The highest BCUT2D eigenvalue weighted by atomic mass is 79.9. The number of hydrogen-bond acceptors (Lipinski definition) is 3. The second kappa shape index (κ2) is 5.70. The molecule has 1 aromatic carbocycles. The van der Waals surface area contributed by atoms with E-state index in [1.807, 2.05) is 0 Å². The van der Waals surface area contributed by atoms with Crippen molar-refractivity contribution >= 4 is 15.9 Å². The lowest BCUT2D eigenvalue weighted by Crippen LogP contribution is -2.16. The number of aromatic nitrogens is 1. The van der Waals surface area contributed by atoms with Crippen molar-refractivity contribution in [3.63, 3.8) is 0 Å². The Hall–Kier alpha value is -1.76. The van der Waals surface area contributed by atoms with Crippen molar-refractivity contribution in [2.45, 2.75) is 13.3 Å². The van der Waals surface area contributed by atoms with E-state index in [1.54, 1.807) is 19.1 Å². The van der Waals surface area contributed by atoms with E-state index >= 15 is 0 Å². The van der Waals surface area contributed by atoms with Gasteiger partial charge in [-0.05, 0) is 53.2 Å². The molecule has 0 atom stereocenters. The monoisotopic (exact) mass is 347 g/mol. The van der Waals surface area contributed by atoms with E-state index in [1.165, 1.54) is 24.3 Å². The maximum atomic E-state index is 12.0. The normalized spacial score (nSPS) is 11.2. The summed E-state index contributed by atoms with van der Waals surface area (Å²) in [7, 11) is 0. The molecule has 1 heterocycles. The number of aryl methyl sites for hydroxylation is 1. The molecule has 0 spiro atoms. The van der Waals surface area contributed by atoms with Crippen molar-refractivity contribution in [1.82, 2.24) is 4.98 Å². The molecule has 0 saturated carbocycles. The van der Waals surface area contributed by atoms with E-state index in [0.717, 1.165) is 10.2 Å². The highest BCUT2D eigenvalue weighted by molar-refractivity contribution is 9.10. The van der Waals surface area contributed by atoms with E-state index in [0.29, 0.717) is 11.6 Å². The van der Waals surface area contributed by atoms with E-state index in [4.69, 9.17) is 4.74 Å². The van der Waals surface area contributed by atoms with Crippen molar-refractivity contribution in [2.75, 3.05) is 0 Å². The van der Waals surface area contributed by atoms with Crippen LogP contribution in [0.1, 0.15) is 5.69 Å². The van der Waals surface area contributed by atoms with E-state index in [-0.39, 0.29) is 5.75 Å². The number of alkyl halides is 3. The Bertz CT molecular complexity index is 600. The minimum Gasteiger partial charge on any atom is -0.439 e. The molecule has 0 fully saturated rings. The summed E-state index contributed by atoms with van der Waals surface area (Å²) >= 11 is 3.31. The zero-order valence-corrected chi connectivity index (χ0v) is 11.8. The average molecular weight is 348 g/mol. The summed E-state index contributed by atoms with van der Waals surface area (Å²) in [6.07, 6.45) is -4.70. The SMILES string of the molecule is Cc1nc(Oc2ccc(OC(F)(F)F)cc2)ccc1Br. The largest absolute Gasteiger partial charge is 0.573 e. The summed E-state index contributed by atoms with van der Waals surface area (Å²) in [5, 5.41) is 0. The number of ether oxygens (including phenoxy) is 2. The minimum atomic E-state index is -4.70. The lowest BCUT2D eigenvalue weighted by atomic mass is 10.3. The van der Waals surface area contributed by atoms with Gasteiger partial charge in [0.2, 0.25) is 5.88 Å². The first-order valence-electron chi connectivity index (χ1n) is 5.50. The molecule has 0 N–H and O–H groups in total. The Morgan fingerprint density at radius 3 is 2.15 bits per heavy atom. The van der Waals surface area contributed by atoms with Gasteiger partial charge in [-0.25, -0.2) is 4.98 Å². The van der Waals surface area contributed by atoms with Crippen LogP contribution >= 0.6 is 15.9 Å². The molecule has 7 heteroatoms. The summed E-state index contributed by atoms with van der Waals surface area (Å²) in [5.74, 6) is 0.425. The van der Waals surface area contributed by atoms with Gasteiger partial charge in [0.05, 0.1) is 5.69 Å². The third-order valence-electron chi connectivity index (χ3n) is 2.28. The van der Waals surface area contributed by atoms with Crippen LogP contribution in [-0.4, -0.2) is 11.3 Å². The number of halogens is 4. The van der Waals surface area contributed by atoms with Crippen LogP contribution in [0.25, 0.3) is 0 Å². The topological polar surface area (TPSA) is 31.4 Å². The van der Waals surface area contributed by atoms with Gasteiger partial charge in [0, 0.05) is 10.5 Å². The van der Waals surface area contributed by atoms with Gasteiger partial charge in [-0.15, -0.1) is 13.2 Å². The molecule has 106 valence electrons. The zero-order chi connectivity index (χ0) is 14.8. The number of pyridine rings is 1. The average Bonchev–Trinajstić information content (AvgIpc) is 2.35. The van der Waals surface area contributed by atoms with Crippen LogP contribution < -0.4 is 9.47 Å². The summed E-state index contributed by atoms with van der Waals surface area (Å²) in [4.78, 5) is 4.17. The Morgan fingerprint density at radius 2 is 1.60 bits per heavy atom. The van der Waals surface area contributed by atoms with Crippen LogP contribution in [0.15, 0.2) is 40.9 Å². The van der Waals surface area contributed by atoms with Gasteiger partial charge in [-0.2, -0.15) is 0 Å². The Balaban J connectivity index is 2.08. The maximum absolute atomic E-state index is 12.0. The lowest BCUT2D eigenvalue weighted by Gasteiger charge is -2.10. The van der Waals surface area contributed by atoms with E-state index < -0.39 is 6.36 Å². The van der Waals surface area contributed by atoms with Crippen LogP contribution in [0.2, 0.25) is 0 Å². The number of rotatable bonds is 3. The summed E-state index contributed by atoms with van der Waals surface area (Å²) < 4.78 is 46.1. The summed E-state index contributed by atoms with van der Waals surface area (Å²) in [5.41, 5.74) is 0.750. The van der Waals surface area contributed by atoms with Crippen molar-refractivity contribution < 1.29 is 22.6 Å². The van der Waals surface area contributed by atoms with Crippen molar-refractivity contribution in [3.05, 3.63) is 46.6 Å². The zero-order valence-electron chi connectivity index (χ0n) is 10.2. The summed E-state index contributed by atoms with van der Waals surface area (Å²) in [6.45, 7) is 1.80. The molecular formula is C13H9BrF3NO2. The van der Waals surface area contributed by atoms with Crippen LogP contribution in [0.3, 0.4) is 0 Å². The molecule has 20 heavy (non-hydrogen) atoms. The second-order valence-electron chi connectivity index (χ2n) is 3.84. The van der Waals surface area contributed by atoms with Crippen molar-refractivity contribution in [3.8, 4) is 17.4 Å². The fourth-order valence-corrected chi connectivity index (χ4v) is 1.63. The fraction of sp³-hybridized carbons (Fsp3) is 0.154. The molecule has 0 bridgehead atoms. The smallest absolute Gasteiger partial charge is 0.439 e. The summed E-state index contributed by atoms with van der Waals surface area (Å²) in [6, 6.07) is 8.53. The van der Waals surface area contributed by atoms with E-state index in [9.17, 15) is 13.2 Å². The molecule has 0 saturated heterocycles. The number of benzene rings is 1. The van der Waals surface area contributed by atoms with Gasteiger partial charge in [-0.3, -0.25) is 0 Å². The van der Waals surface area contributed by atoms with E-state index in [2.05, 4.69) is 25.7 Å². The van der Waals surface area contributed by atoms with Gasteiger partial charge in [0.1, 0.15) is 11.5 Å². The molecule has 0 aliphatic carbocycles. The molecule has 1 aromatic heterocycles. The van der Waals surface area contributed by atoms with Crippen molar-refractivity contribution in [2.24, 2.45) is 0 Å². The van der Waals surface area contributed by atoms with Gasteiger partial charge in [-0.1, -0.05) is 0 Å². The molecule has 0 aliphatic rings. The predicted molar refractivity (Wildman–Crippen MR) is 69.9 cm³/mol. The third kappa shape index (κ3) is 4.12. The van der Waals surface area contributed by atoms with Gasteiger partial charge < -0.3 is 9.47 Å². The van der Waals surface area contributed by atoms with Gasteiger partial charge >= 0.3 is 6.36 Å². The molecule has 0 radical (unpaired) electrons. The van der Waals surface area contributed by atoms with Crippen LogP contribution in [0, 0.1) is 6.92 Å². The maximum Gasteiger partial charge on any atom is 0.573 e. The second-order valence-corrected chi connectivity index (χ2v) is 4.69. The number of hydrogen-bond donors (Lipinski definition) is 0. The quantitative estimate of drug-likeness (QED) is 0.795. The fourth-order valence-electron chi connectivity index (χ4n) is 1.41. The number of nitrogens with zero attached hydrogens (tertiary/aromatic N) is 1. The Labute approximate surface area is 121 Å². The molecule has 0 aliphatic heterocycles. The van der Waals surface area contributed by atoms with Crippen molar-refractivity contribution in [1.29, 1.82) is 0 Å². The Kier molecular flexibility index (Phi) is 4.17. The Morgan fingerprint density at radius 1 is 1.00 bits per heavy atom. The van der Waals surface area contributed by atoms with Gasteiger partial charge in [0.25, 0.3) is 0 Å². The first-order valence-corrected chi connectivity index (χ1v) is 6.29. The molecule has 3 nitrogen and oxygen atoms in total. The van der Waals surface area contributed by atoms with Crippen LogP contribution in [0.4, 0.5) is 13.2 Å². The molecule has 2 aromatic rings. The highest BCUT2D eigenvalue weighted by Gasteiger charge is 2.30. The first kappa shape index (κ1) is 14.6. The van der Waals surface area contributed by atoms with Crippen LogP contribution in [-0.2, 0) is 0 Å².